The van der Waals surface area contributed by atoms with Crippen LogP contribution in [0.2, 0.25) is 5.15 Å². The molecule has 0 aliphatic rings. The summed E-state index contributed by atoms with van der Waals surface area (Å²) in [7, 11) is 0. The van der Waals surface area contributed by atoms with E-state index in [0.29, 0.717) is 11.8 Å². The molecule has 5 nitrogen and oxygen atoms in total. The Balaban J connectivity index is 2.27. The molecule has 2 aromatic rings. The Morgan fingerprint density at radius 3 is 3.06 bits per heavy atom. The Morgan fingerprint density at radius 1 is 1.53 bits per heavy atom. The van der Waals surface area contributed by atoms with Crippen LogP contribution in [0.15, 0.2) is 30.6 Å². The Morgan fingerprint density at radius 2 is 2.35 bits per heavy atom. The molecule has 0 amide bonds. The third-order valence-electron chi connectivity index (χ3n) is 2.05. The van der Waals surface area contributed by atoms with Gasteiger partial charge in [-0.15, -0.1) is 0 Å². The fourth-order valence-corrected chi connectivity index (χ4v) is 1.48. The Labute approximate surface area is 103 Å². The zero-order valence-electron chi connectivity index (χ0n) is 9.13. The average molecular weight is 252 g/mol. The molecule has 0 bridgehead atoms. The summed E-state index contributed by atoms with van der Waals surface area (Å²) in [6.45, 7) is 2.07. The highest BCUT2D eigenvalue weighted by Gasteiger charge is 2.10. The van der Waals surface area contributed by atoms with Crippen LogP contribution >= 0.6 is 11.6 Å². The van der Waals surface area contributed by atoms with Crippen LogP contribution in [0.4, 0.5) is 0 Å². The van der Waals surface area contributed by atoms with Crippen LogP contribution < -0.4 is 0 Å². The van der Waals surface area contributed by atoms with Gasteiger partial charge in [0.15, 0.2) is 5.69 Å². The van der Waals surface area contributed by atoms with Gasteiger partial charge in [-0.05, 0) is 19.1 Å². The molecule has 88 valence electrons. The van der Waals surface area contributed by atoms with Gasteiger partial charge in [-0.2, -0.15) is 5.10 Å². The average Bonchev–Trinajstić information content (AvgIpc) is 2.78. The predicted molar refractivity (Wildman–Crippen MR) is 62.3 cm³/mol. The second-order valence-electron chi connectivity index (χ2n) is 3.20. The molecule has 0 fully saturated rings. The quantitative estimate of drug-likeness (QED) is 0.619. The van der Waals surface area contributed by atoms with Gasteiger partial charge in [0, 0.05) is 18.5 Å². The number of carbonyl (C=O) groups excluding carboxylic acids is 1. The Bertz CT molecular complexity index is 539. The normalized spacial score (nSPS) is 10.2. The third kappa shape index (κ3) is 2.62. The number of rotatable bonds is 3. The zero-order valence-corrected chi connectivity index (χ0v) is 9.89. The summed E-state index contributed by atoms with van der Waals surface area (Å²) < 4.78 is 6.39. The fourth-order valence-electron chi connectivity index (χ4n) is 1.32. The molecular weight excluding hydrogens is 242 g/mol. The van der Waals surface area contributed by atoms with Gasteiger partial charge in [-0.25, -0.2) is 14.5 Å². The first-order chi connectivity index (χ1) is 8.20. The molecular formula is C11H10ClN3O2. The van der Waals surface area contributed by atoms with E-state index in [1.165, 1.54) is 0 Å². The molecule has 17 heavy (non-hydrogen) atoms. The minimum Gasteiger partial charge on any atom is -0.461 e. The summed E-state index contributed by atoms with van der Waals surface area (Å²) in [5, 5.41) is 4.47. The minimum absolute atomic E-state index is 0.264. The van der Waals surface area contributed by atoms with Gasteiger partial charge in [0.05, 0.1) is 12.3 Å². The second kappa shape index (κ2) is 4.97. The maximum Gasteiger partial charge on any atom is 0.358 e. The lowest BCUT2D eigenvalue weighted by molar-refractivity contribution is 0.0519. The van der Waals surface area contributed by atoms with Crippen molar-refractivity contribution in [3.8, 4) is 5.69 Å². The number of aromatic nitrogens is 3. The van der Waals surface area contributed by atoms with Gasteiger partial charge in [0.2, 0.25) is 0 Å². The molecule has 2 heterocycles. The first-order valence-electron chi connectivity index (χ1n) is 5.05. The van der Waals surface area contributed by atoms with Crippen LogP contribution in [-0.2, 0) is 4.74 Å². The van der Waals surface area contributed by atoms with E-state index in [1.54, 1.807) is 42.2 Å². The van der Waals surface area contributed by atoms with E-state index in [4.69, 9.17) is 16.3 Å². The maximum atomic E-state index is 11.4. The topological polar surface area (TPSA) is 57.0 Å². The summed E-state index contributed by atoms with van der Waals surface area (Å²) in [4.78, 5) is 15.3. The lowest BCUT2D eigenvalue weighted by Gasteiger charge is -2.00. The lowest BCUT2D eigenvalue weighted by Crippen LogP contribution is -2.06. The molecule has 2 rings (SSSR count). The maximum absolute atomic E-state index is 11.4. The molecule has 0 aromatic carbocycles. The monoisotopic (exact) mass is 251 g/mol. The van der Waals surface area contributed by atoms with E-state index in [0.717, 1.165) is 5.69 Å². The zero-order chi connectivity index (χ0) is 12.3. The molecule has 0 unspecified atom stereocenters. The van der Waals surface area contributed by atoms with Crippen LogP contribution in [0.5, 0.6) is 0 Å². The Hall–Kier alpha value is -1.88. The van der Waals surface area contributed by atoms with Gasteiger partial charge in [0.25, 0.3) is 0 Å². The SMILES string of the molecule is CCOC(=O)c1ccn(-c2ccnc(Cl)c2)n1. The molecule has 0 radical (unpaired) electrons. The summed E-state index contributed by atoms with van der Waals surface area (Å²) >= 11 is 5.77. The van der Waals surface area contributed by atoms with E-state index in [9.17, 15) is 4.79 Å². The number of esters is 1. The highest BCUT2D eigenvalue weighted by atomic mass is 35.5. The number of halogens is 1. The predicted octanol–water partition coefficient (Wildman–Crippen LogP) is 2.10. The van der Waals surface area contributed by atoms with E-state index in [-0.39, 0.29) is 5.69 Å². The smallest absolute Gasteiger partial charge is 0.358 e. The van der Waals surface area contributed by atoms with Gasteiger partial charge >= 0.3 is 5.97 Å². The molecule has 0 saturated heterocycles. The molecule has 0 N–H and O–H groups in total. The number of hydrogen-bond donors (Lipinski definition) is 0. The molecule has 0 saturated carbocycles. The van der Waals surface area contributed by atoms with Crippen molar-refractivity contribution < 1.29 is 9.53 Å². The van der Waals surface area contributed by atoms with E-state index in [1.807, 2.05) is 0 Å². The van der Waals surface area contributed by atoms with E-state index >= 15 is 0 Å². The van der Waals surface area contributed by atoms with E-state index in [2.05, 4.69) is 10.1 Å². The minimum atomic E-state index is -0.439. The van der Waals surface area contributed by atoms with Gasteiger partial charge in [-0.3, -0.25) is 0 Å². The molecule has 0 aliphatic carbocycles. The van der Waals surface area contributed by atoms with Crippen molar-refractivity contribution in [2.24, 2.45) is 0 Å². The van der Waals surface area contributed by atoms with Crippen LogP contribution in [0.3, 0.4) is 0 Å². The first-order valence-corrected chi connectivity index (χ1v) is 5.43. The number of nitrogens with zero attached hydrogens (tertiary/aromatic N) is 3. The van der Waals surface area contributed by atoms with Crippen molar-refractivity contribution in [2.75, 3.05) is 6.61 Å². The van der Waals surface area contributed by atoms with Crippen molar-refractivity contribution in [3.05, 3.63) is 41.4 Å². The largest absolute Gasteiger partial charge is 0.461 e. The van der Waals surface area contributed by atoms with E-state index < -0.39 is 5.97 Å². The first kappa shape index (κ1) is 11.6. The molecule has 0 aliphatic heterocycles. The van der Waals surface area contributed by atoms with Gasteiger partial charge < -0.3 is 4.74 Å². The number of pyridine rings is 1. The van der Waals surface area contributed by atoms with Crippen LogP contribution in [0, 0.1) is 0 Å². The lowest BCUT2D eigenvalue weighted by atomic mass is 10.4. The molecule has 6 heteroatoms. The third-order valence-corrected chi connectivity index (χ3v) is 2.26. The number of ether oxygens (including phenoxy) is 1. The Kier molecular flexibility index (Phi) is 3.39. The fraction of sp³-hybridized carbons (Fsp3) is 0.182. The molecule has 0 spiro atoms. The second-order valence-corrected chi connectivity index (χ2v) is 3.59. The summed E-state index contributed by atoms with van der Waals surface area (Å²) in [6.07, 6.45) is 3.24. The van der Waals surface area contributed by atoms with Gasteiger partial charge in [-0.1, -0.05) is 11.6 Å². The van der Waals surface area contributed by atoms with Crippen LogP contribution in [0.1, 0.15) is 17.4 Å². The highest BCUT2D eigenvalue weighted by Crippen LogP contribution is 2.12. The summed E-state index contributed by atoms with van der Waals surface area (Å²) in [5.74, 6) is -0.439. The van der Waals surface area contributed by atoms with Crippen molar-refractivity contribution >= 4 is 17.6 Å². The van der Waals surface area contributed by atoms with Crippen molar-refractivity contribution in [1.82, 2.24) is 14.8 Å². The molecule has 2 aromatic heterocycles. The van der Waals surface area contributed by atoms with Crippen molar-refractivity contribution in [1.29, 1.82) is 0 Å². The van der Waals surface area contributed by atoms with Crippen LogP contribution in [0.25, 0.3) is 5.69 Å². The van der Waals surface area contributed by atoms with Gasteiger partial charge in [0.1, 0.15) is 5.15 Å². The van der Waals surface area contributed by atoms with Crippen molar-refractivity contribution in [3.63, 3.8) is 0 Å². The molecule has 0 atom stereocenters. The standard InChI is InChI=1S/C11H10ClN3O2/c1-2-17-11(16)9-4-6-15(14-9)8-3-5-13-10(12)7-8/h3-7H,2H2,1H3. The number of carbonyl (C=O) groups is 1. The highest BCUT2D eigenvalue weighted by molar-refractivity contribution is 6.29. The number of hydrogen-bond acceptors (Lipinski definition) is 4. The van der Waals surface area contributed by atoms with Crippen LogP contribution in [-0.4, -0.2) is 27.3 Å². The van der Waals surface area contributed by atoms with Crippen molar-refractivity contribution in [2.45, 2.75) is 6.92 Å². The summed E-state index contributed by atoms with van der Waals surface area (Å²) in [5.41, 5.74) is 1.00. The summed E-state index contributed by atoms with van der Waals surface area (Å²) in [6, 6.07) is 4.99.